The zero-order valence-electron chi connectivity index (χ0n) is 18.7. The Bertz CT molecular complexity index is 1150. The van der Waals surface area contributed by atoms with Gasteiger partial charge >= 0.3 is 0 Å². The minimum absolute atomic E-state index is 0.119. The lowest BCUT2D eigenvalue weighted by atomic mass is 9.86. The molecule has 0 radical (unpaired) electrons. The molecule has 32 heavy (non-hydrogen) atoms. The number of thioether (sulfide) groups is 1. The summed E-state index contributed by atoms with van der Waals surface area (Å²) in [6.45, 7) is 5.02. The summed E-state index contributed by atoms with van der Waals surface area (Å²) in [7, 11) is 2.02. The molecule has 7 nitrogen and oxygen atoms in total. The van der Waals surface area contributed by atoms with Crippen molar-refractivity contribution < 1.29 is 4.79 Å². The van der Waals surface area contributed by atoms with Gasteiger partial charge < -0.3 is 14.5 Å². The molecule has 0 saturated heterocycles. The standard InChI is InChI=1S/C23H28N6OS2/c1-4-15-8-9-17-18(13-24)22(32-19(17)11-15)25-21(30)14-31-23-27-26-20(29(23)5-2)12-16-7-6-10-28(16)3/h6-7,10,15H,4-5,8-9,11-12,14H2,1-3H3,(H,25,30). The fraction of sp³-hybridized carbons (Fsp3) is 0.478. The van der Waals surface area contributed by atoms with Crippen LogP contribution in [0.4, 0.5) is 5.00 Å². The Hall–Kier alpha value is -2.57. The van der Waals surface area contributed by atoms with Crippen molar-refractivity contribution in [1.29, 1.82) is 5.26 Å². The minimum atomic E-state index is -0.119. The van der Waals surface area contributed by atoms with Crippen LogP contribution < -0.4 is 5.32 Å². The average Bonchev–Trinajstić information content (AvgIpc) is 3.48. The van der Waals surface area contributed by atoms with Gasteiger partial charge in [0.2, 0.25) is 5.91 Å². The van der Waals surface area contributed by atoms with Crippen LogP contribution in [0.1, 0.15) is 54.2 Å². The molecule has 168 valence electrons. The van der Waals surface area contributed by atoms with E-state index >= 15 is 0 Å². The van der Waals surface area contributed by atoms with Gasteiger partial charge in [0.15, 0.2) is 5.16 Å². The van der Waals surface area contributed by atoms with Gasteiger partial charge in [-0.3, -0.25) is 4.79 Å². The van der Waals surface area contributed by atoms with Gasteiger partial charge in [-0.15, -0.1) is 21.5 Å². The summed E-state index contributed by atoms with van der Waals surface area (Å²) < 4.78 is 4.13. The Kier molecular flexibility index (Phi) is 7.01. The number of anilines is 1. The molecule has 3 aromatic heterocycles. The van der Waals surface area contributed by atoms with Crippen LogP contribution >= 0.6 is 23.1 Å². The van der Waals surface area contributed by atoms with Gasteiger partial charge in [0.1, 0.15) is 16.9 Å². The summed E-state index contributed by atoms with van der Waals surface area (Å²) in [4.78, 5) is 14.0. The molecule has 0 saturated carbocycles. The van der Waals surface area contributed by atoms with Crippen molar-refractivity contribution in [2.45, 2.75) is 57.7 Å². The molecule has 0 fully saturated rings. The van der Waals surface area contributed by atoms with Crippen LogP contribution in [0.3, 0.4) is 0 Å². The lowest BCUT2D eigenvalue weighted by Gasteiger charge is -2.20. The van der Waals surface area contributed by atoms with Gasteiger partial charge in [-0.05, 0) is 49.8 Å². The summed E-state index contributed by atoms with van der Waals surface area (Å²) in [6.07, 6.45) is 6.93. The van der Waals surface area contributed by atoms with E-state index in [9.17, 15) is 10.1 Å². The molecule has 0 aromatic carbocycles. The number of amides is 1. The smallest absolute Gasteiger partial charge is 0.235 e. The fourth-order valence-electron chi connectivity index (χ4n) is 4.22. The number of aromatic nitrogens is 4. The highest BCUT2D eigenvalue weighted by Gasteiger charge is 2.26. The van der Waals surface area contributed by atoms with Crippen molar-refractivity contribution in [1.82, 2.24) is 19.3 Å². The molecular formula is C23H28N6OS2. The third-order valence-electron chi connectivity index (χ3n) is 6.14. The molecule has 1 N–H and O–H groups in total. The topological polar surface area (TPSA) is 88.5 Å². The fourth-order valence-corrected chi connectivity index (χ4v) is 6.37. The average molecular weight is 469 g/mol. The summed E-state index contributed by atoms with van der Waals surface area (Å²) in [6, 6.07) is 6.41. The first-order valence-electron chi connectivity index (χ1n) is 11.0. The largest absolute Gasteiger partial charge is 0.354 e. The normalized spacial score (nSPS) is 15.4. The molecule has 1 aliphatic carbocycles. The van der Waals surface area contributed by atoms with Crippen LogP contribution in [-0.2, 0) is 37.6 Å². The third-order valence-corrected chi connectivity index (χ3v) is 8.28. The summed E-state index contributed by atoms with van der Waals surface area (Å²) in [5, 5.41) is 22.8. The zero-order valence-corrected chi connectivity index (χ0v) is 20.4. The monoisotopic (exact) mass is 468 g/mol. The van der Waals surface area contributed by atoms with Crippen molar-refractivity contribution in [3.63, 3.8) is 0 Å². The van der Waals surface area contributed by atoms with E-state index in [2.05, 4.69) is 50.6 Å². The number of fused-ring (bicyclic) bond motifs is 1. The number of nitrogens with zero attached hydrogens (tertiary/aromatic N) is 5. The first-order chi connectivity index (χ1) is 15.5. The maximum absolute atomic E-state index is 12.7. The Labute approximate surface area is 196 Å². The van der Waals surface area contributed by atoms with Crippen molar-refractivity contribution in [3.05, 3.63) is 45.9 Å². The number of rotatable bonds is 8. The number of nitrogens with one attached hydrogen (secondary N) is 1. The number of hydrogen-bond acceptors (Lipinski definition) is 6. The highest BCUT2D eigenvalue weighted by molar-refractivity contribution is 7.99. The van der Waals surface area contributed by atoms with Crippen molar-refractivity contribution >= 4 is 34.0 Å². The Morgan fingerprint density at radius 1 is 1.41 bits per heavy atom. The van der Waals surface area contributed by atoms with E-state index in [1.807, 2.05) is 19.3 Å². The Balaban J connectivity index is 1.41. The number of nitriles is 1. The van der Waals surface area contributed by atoms with E-state index in [0.717, 1.165) is 54.5 Å². The number of carbonyl (C=O) groups is 1. The second kappa shape index (κ2) is 9.92. The van der Waals surface area contributed by atoms with Gasteiger partial charge in [-0.25, -0.2) is 0 Å². The molecule has 0 aliphatic heterocycles. The predicted octanol–water partition coefficient (Wildman–Crippen LogP) is 4.41. The quantitative estimate of drug-likeness (QED) is 0.495. The van der Waals surface area contributed by atoms with E-state index in [0.29, 0.717) is 22.9 Å². The minimum Gasteiger partial charge on any atom is -0.354 e. The van der Waals surface area contributed by atoms with Gasteiger partial charge in [-0.1, -0.05) is 25.1 Å². The van der Waals surface area contributed by atoms with Gasteiger partial charge in [0.25, 0.3) is 0 Å². The molecule has 1 aliphatic rings. The van der Waals surface area contributed by atoms with E-state index in [1.165, 1.54) is 16.6 Å². The summed E-state index contributed by atoms with van der Waals surface area (Å²) in [5.41, 5.74) is 2.96. The van der Waals surface area contributed by atoms with Crippen LogP contribution in [0.2, 0.25) is 0 Å². The number of carbonyl (C=O) groups excluding carboxylic acids is 1. The number of hydrogen-bond donors (Lipinski definition) is 1. The van der Waals surface area contributed by atoms with Crippen LogP contribution in [0.15, 0.2) is 23.5 Å². The number of thiophene rings is 1. The van der Waals surface area contributed by atoms with Crippen molar-refractivity contribution in [3.8, 4) is 6.07 Å². The molecule has 0 bridgehead atoms. The third kappa shape index (κ3) is 4.62. The first kappa shape index (κ1) is 22.6. The predicted molar refractivity (Wildman–Crippen MR) is 128 cm³/mol. The molecule has 1 amide bonds. The van der Waals surface area contributed by atoms with E-state index in [4.69, 9.17) is 0 Å². The van der Waals surface area contributed by atoms with E-state index in [-0.39, 0.29) is 11.7 Å². The zero-order chi connectivity index (χ0) is 22.7. The lowest BCUT2D eigenvalue weighted by molar-refractivity contribution is -0.113. The molecule has 4 rings (SSSR count). The van der Waals surface area contributed by atoms with Crippen molar-refractivity contribution in [2.24, 2.45) is 13.0 Å². The first-order valence-corrected chi connectivity index (χ1v) is 12.8. The van der Waals surface area contributed by atoms with Crippen LogP contribution in [0, 0.1) is 17.2 Å². The molecule has 0 spiro atoms. The second-order valence-corrected chi connectivity index (χ2v) is 10.2. The van der Waals surface area contributed by atoms with E-state index in [1.54, 1.807) is 11.3 Å². The second-order valence-electron chi connectivity index (χ2n) is 8.10. The molecule has 3 heterocycles. The Morgan fingerprint density at radius 2 is 2.25 bits per heavy atom. The maximum atomic E-state index is 12.7. The van der Waals surface area contributed by atoms with Gasteiger partial charge in [0.05, 0.1) is 11.3 Å². The molecule has 3 aromatic rings. The SMILES string of the molecule is CCC1CCc2c(sc(NC(=O)CSc3nnc(Cc4cccn4C)n3CC)c2C#N)C1. The molecule has 1 atom stereocenters. The summed E-state index contributed by atoms with van der Waals surface area (Å²) in [5.74, 6) is 1.68. The van der Waals surface area contributed by atoms with Crippen molar-refractivity contribution in [2.75, 3.05) is 11.1 Å². The molecule has 9 heteroatoms. The van der Waals surface area contributed by atoms with Gasteiger partial charge in [0, 0.05) is 36.8 Å². The van der Waals surface area contributed by atoms with Crippen LogP contribution in [-0.4, -0.2) is 31.0 Å². The van der Waals surface area contributed by atoms with E-state index < -0.39 is 0 Å². The maximum Gasteiger partial charge on any atom is 0.235 e. The van der Waals surface area contributed by atoms with Gasteiger partial charge in [-0.2, -0.15) is 5.26 Å². The molecule has 1 unspecified atom stereocenters. The van der Waals surface area contributed by atoms with Crippen LogP contribution in [0.25, 0.3) is 0 Å². The Morgan fingerprint density at radius 3 is 2.94 bits per heavy atom. The number of aryl methyl sites for hydroxylation is 1. The van der Waals surface area contributed by atoms with Crippen LogP contribution in [0.5, 0.6) is 0 Å². The highest BCUT2D eigenvalue weighted by atomic mass is 32.2. The highest BCUT2D eigenvalue weighted by Crippen LogP contribution is 2.40. The lowest BCUT2D eigenvalue weighted by Crippen LogP contribution is -2.15. The molecular weight excluding hydrogens is 440 g/mol. The summed E-state index contributed by atoms with van der Waals surface area (Å²) >= 11 is 2.95.